The third-order valence-corrected chi connectivity index (χ3v) is 5.42. The Kier molecular flexibility index (Phi) is 5.62. The summed E-state index contributed by atoms with van der Waals surface area (Å²) in [7, 11) is 1.64. The van der Waals surface area contributed by atoms with Crippen LogP contribution in [0.3, 0.4) is 0 Å². The first-order valence-electron chi connectivity index (χ1n) is 9.85. The standard InChI is InChI=1S/C23H24N2O4/c1-28-18-10-8-16(9-11-18)20(25-12-4-5-13-25)15-24-22(26)19-14-17-6-2-3-7-21(17)29-23(19)27/h2-3,6-11,14,20H,4-5,12-13,15H2,1H3,(H,24,26). The molecule has 0 spiro atoms. The first-order chi connectivity index (χ1) is 14.2. The predicted octanol–water partition coefficient (Wildman–Crippen LogP) is 3.37. The molecule has 1 aliphatic rings. The summed E-state index contributed by atoms with van der Waals surface area (Å²) in [6, 6.07) is 16.7. The molecule has 0 radical (unpaired) electrons. The smallest absolute Gasteiger partial charge is 0.349 e. The summed E-state index contributed by atoms with van der Waals surface area (Å²) in [5.74, 6) is 0.383. The van der Waals surface area contributed by atoms with Gasteiger partial charge < -0.3 is 14.5 Å². The maximum atomic E-state index is 12.8. The number of nitrogens with zero attached hydrogens (tertiary/aromatic N) is 1. The molecule has 150 valence electrons. The highest BCUT2D eigenvalue weighted by molar-refractivity contribution is 5.96. The van der Waals surface area contributed by atoms with Crippen LogP contribution in [0.25, 0.3) is 11.0 Å². The van der Waals surface area contributed by atoms with Crippen molar-refractivity contribution >= 4 is 16.9 Å². The molecule has 0 bridgehead atoms. The Bertz CT molecular complexity index is 1050. The summed E-state index contributed by atoms with van der Waals surface area (Å²) in [6.45, 7) is 2.40. The lowest BCUT2D eigenvalue weighted by Crippen LogP contribution is -2.38. The second-order valence-corrected chi connectivity index (χ2v) is 7.23. The van der Waals surface area contributed by atoms with Gasteiger partial charge in [-0.15, -0.1) is 0 Å². The number of carbonyl (C=O) groups excluding carboxylic acids is 1. The number of benzene rings is 2. The van der Waals surface area contributed by atoms with E-state index in [0.717, 1.165) is 42.6 Å². The molecule has 2 heterocycles. The number of likely N-dealkylation sites (tertiary alicyclic amines) is 1. The maximum absolute atomic E-state index is 12.8. The Morgan fingerprint density at radius 2 is 1.86 bits per heavy atom. The molecule has 1 N–H and O–H groups in total. The van der Waals surface area contributed by atoms with E-state index in [0.29, 0.717) is 12.1 Å². The van der Waals surface area contributed by atoms with E-state index in [9.17, 15) is 9.59 Å². The van der Waals surface area contributed by atoms with Gasteiger partial charge in [-0.2, -0.15) is 0 Å². The quantitative estimate of drug-likeness (QED) is 0.651. The van der Waals surface area contributed by atoms with Crippen LogP contribution >= 0.6 is 0 Å². The largest absolute Gasteiger partial charge is 0.497 e. The number of hydrogen-bond acceptors (Lipinski definition) is 5. The second-order valence-electron chi connectivity index (χ2n) is 7.23. The predicted molar refractivity (Wildman–Crippen MR) is 111 cm³/mol. The van der Waals surface area contributed by atoms with E-state index in [1.807, 2.05) is 36.4 Å². The average Bonchev–Trinajstić information content (AvgIpc) is 3.28. The number of methoxy groups -OCH3 is 1. The Morgan fingerprint density at radius 3 is 2.59 bits per heavy atom. The number of nitrogens with one attached hydrogen (secondary N) is 1. The lowest BCUT2D eigenvalue weighted by molar-refractivity contribution is 0.0934. The van der Waals surface area contributed by atoms with Crippen LogP contribution in [0.4, 0.5) is 0 Å². The van der Waals surface area contributed by atoms with Crippen LogP contribution in [0.2, 0.25) is 0 Å². The van der Waals surface area contributed by atoms with Gasteiger partial charge in [0.1, 0.15) is 16.9 Å². The molecule has 1 saturated heterocycles. The van der Waals surface area contributed by atoms with Crippen LogP contribution in [0.15, 0.2) is 63.8 Å². The van der Waals surface area contributed by atoms with Crippen molar-refractivity contribution in [3.05, 3.63) is 76.1 Å². The molecule has 6 nitrogen and oxygen atoms in total. The van der Waals surface area contributed by atoms with Gasteiger partial charge in [0.15, 0.2) is 0 Å². The lowest BCUT2D eigenvalue weighted by atomic mass is 10.0. The van der Waals surface area contributed by atoms with Crippen molar-refractivity contribution in [1.82, 2.24) is 10.2 Å². The van der Waals surface area contributed by atoms with Gasteiger partial charge in [0.2, 0.25) is 0 Å². The third kappa shape index (κ3) is 4.17. The van der Waals surface area contributed by atoms with Gasteiger partial charge in [0.25, 0.3) is 5.91 Å². The summed E-state index contributed by atoms with van der Waals surface area (Å²) in [5, 5.41) is 3.66. The number of ether oxygens (including phenoxy) is 1. The van der Waals surface area contributed by atoms with Gasteiger partial charge in [0.05, 0.1) is 13.2 Å². The van der Waals surface area contributed by atoms with Crippen LogP contribution < -0.4 is 15.7 Å². The van der Waals surface area contributed by atoms with E-state index < -0.39 is 11.5 Å². The van der Waals surface area contributed by atoms with Crippen molar-refractivity contribution in [3.8, 4) is 5.75 Å². The van der Waals surface area contributed by atoms with Crippen molar-refractivity contribution < 1.29 is 13.9 Å². The molecule has 3 aromatic rings. The topological polar surface area (TPSA) is 71.8 Å². The van der Waals surface area contributed by atoms with Crippen molar-refractivity contribution in [1.29, 1.82) is 0 Å². The monoisotopic (exact) mass is 392 g/mol. The minimum Gasteiger partial charge on any atom is -0.497 e. The van der Waals surface area contributed by atoms with E-state index in [4.69, 9.17) is 9.15 Å². The van der Waals surface area contributed by atoms with Crippen molar-refractivity contribution in [2.45, 2.75) is 18.9 Å². The molecule has 1 atom stereocenters. The molecule has 1 amide bonds. The Hall–Kier alpha value is -3.12. The number of para-hydroxylation sites is 1. The number of hydrogen-bond donors (Lipinski definition) is 1. The number of carbonyl (C=O) groups is 1. The molecule has 29 heavy (non-hydrogen) atoms. The molecule has 2 aromatic carbocycles. The molecule has 1 unspecified atom stereocenters. The van der Waals surface area contributed by atoms with Gasteiger partial charge in [0, 0.05) is 11.9 Å². The van der Waals surface area contributed by atoms with Gasteiger partial charge in [-0.25, -0.2) is 4.79 Å². The highest BCUT2D eigenvalue weighted by atomic mass is 16.5. The van der Waals surface area contributed by atoms with Gasteiger partial charge in [-0.3, -0.25) is 9.69 Å². The maximum Gasteiger partial charge on any atom is 0.349 e. The van der Waals surface area contributed by atoms with Crippen LogP contribution in [0.1, 0.15) is 34.8 Å². The SMILES string of the molecule is COc1ccc(C(CNC(=O)c2cc3ccccc3oc2=O)N2CCCC2)cc1. The number of fused-ring (bicyclic) bond motifs is 1. The van der Waals surface area contributed by atoms with Gasteiger partial charge in [-0.05, 0) is 55.8 Å². The fourth-order valence-corrected chi connectivity index (χ4v) is 3.84. The second kappa shape index (κ2) is 8.49. The van der Waals surface area contributed by atoms with E-state index >= 15 is 0 Å². The molecule has 6 heteroatoms. The molecule has 0 saturated carbocycles. The fraction of sp³-hybridized carbons (Fsp3) is 0.304. The Morgan fingerprint density at radius 1 is 1.14 bits per heavy atom. The first kappa shape index (κ1) is 19.2. The number of rotatable bonds is 6. The third-order valence-electron chi connectivity index (χ3n) is 5.42. The van der Waals surface area contributed by atoms with E-state index in [1.165, 1.54) is 0 Å². The molecule has 0 aliphatic carbocycles. The summed E-state index contributed by atoms with van der Waals surface area (Å²) >= 11 is 0. The van der Waals surface area contributed by atoms with Crippen LogP contribution in [0.5, 0.6) is 5.75 Å². The van der Waals surface area contributed by atoms with E-state index in [2.05, 4.69) is 10.2 Å². The fourth-order valence-electron chi connectivity index (χ4n) is 3.84. The van der Waals surface area contributed by atoms with Crippen LogP contribution in [-0.4, -0.2) is 37.6 Å². The zero-order valence-electron chi connectivity index (χ0n) is 16.4. The van der Waals surface area contributed by atoms with E-state index in [1.54, 1.807) is 25.3 Å². The first-order valence-corrected chi connectivity index (χ1v) is 9.85. The summed E-state index contributed by atoms with van der Waals surface area (Å²) in [5.41, 5.74) is 0.989. The van der Waals surface area contributed by atoms with Gasteiger partial charge in [-0.1, -0.05) is 30.3 Å². The minimum absolute atomic E-state index is 0.0265. The number of amides is 1. The van der Waals surface area contributed by atoms with Crippen molar-refractivity contribution in [2.24, 2.45) is 0 Å². The Balaban J connectivity index is 1.54. The normalized spacial score (nSPS) is 15.3. The molecule has 1 fully saturated rings. The van der Waals surface area contributed by atoms with Crippen molar-refractivity contribution in [3.63, 3.8) is 0 Å². The highest BCUT2D eigenvalue weighted by Gasteiger charge is 2.25. The minimum atomic E-state index is -0.622. The van der Waals surface area contributed by atoms with E-state index in [-0.39, 0.29) is 11.6 Å². The average molecular weight is 392 g/mol. The van der Waals surface area contributed by atoms with Gasteiger partial charge >= 0.3 is 5.63 Å². The molecule has 4 rings (SSSR count). The zero-order valence-corrected chi connectivity index (χ0v) is 16.4. The summed E-state index contributed by atoms with van der Waals surface area (Å²) < 4.78 is 10.5. The lowest BCUT2D eigenvalue weighted by Gasteiger charge is -2.28. The Labute approximate surface area is 169 Å². The summed E-state index contributed by atoms with van der Waals surface area (Å²) in [4.78, 5) is 27.4. The van der Waals surface area contributed by atoms with Crippen molar-refractivity contribution in [2.75, 3.05) is 26.7 Å². The summed E-state index contributed by atoms with van der Waals surface area (Å²) in [6.07, 6.45) is 2.30. The molecule has 1 aliphatic heterocycles. The molecular weight excluding hydrogens is 368 g/mol. The molecule has 1 aromatic heterocycles. The highest BCUT2D eigenvalue weighted by Crippen LogP contribution is 2.26. The van der Waals surface area contributed by atoms with Crippen LogP contribution in [-0.2, 0) is 0 Å². The molecular formula is C23H24N2O4. The van der Waals surface area contributed by atoms with Crippen LogP contribution in [0, 0.1) is 0 Å². The zero-order chi connectivity index (χ0) is 20.2.